The van der Waals surface area contributed by atoms with Crippen LogP contribution in [-0.2, 0) is 9.09 Å². The Morgan fingerprint density at radius 3 is 1.61 bits per heavy atom. The molecule has 0 heterocycles. The second-order valence-corrected chi connectivity index (χ2v) is 4.33. The minimum atomic E-state index is -4.25. The van der Waals surface area contributed by atoms with Gasteiger partial charge in [-0.15, -0.1) is 6.58 Å². The van der Waals surface area contributed by atoms with Crippen molar-refractivity contribution in [2.24, 2.45) is 0 Å². The van der Waals surface area contributed by atoms with Crippen molar-refractivity contribution < 1.29 is 34.2 Å². The van der Waals surface area contributed by atoms with E-state index in [-0.39, 0.29) is 26.4 Å². The van der Waals surface area contributed by atoms with Crippen LogP contribution in [0.3, 0.4) is 0 Å². The van der Waals surface area contributed by atoms with Gasteiger partial charge in [-0.25, -0.2) is 4.57 Å². The van der Waals surface area contributed by atoms with E-state index in [1.807, 2.05) is 0 Å². The largest absolute Gasteiger partial charge is 0.469 e. The first-order valence-electron chi connectivity index (χ1n) is 5.27. The summed E-state index contributed by atoms with van der Waals surface area (Å²) in [5.74, 6) is 0. The van der Waals surface area contributed by atoms with Crippen LogP contribution < -0.4 is 0 Å². The average Bonchev–Trinajstić information content (AvgIpc) is 2.27. The van der Waals surface area contributed by atoms with E-state index >= 15 is 0 Å². The second kappa shape index (κ2) is 13.1. The van der Waals surface area contributed by atoms with E-state index in [0.717, 1.165) is 0 Å². The fraction of sp³-hybridized carbons (Fsp3) is 0.778. The molecule has 0 aliphatic carbocycles. The van der Waals surface area contributed by atoms with Crippen molar-refractivity contribution in [2.45, 2.75) is 0 Å². The summed E-state index contributed by atoms with van der Waals surface area (Å²) in [4.78, 5) is 17.8. The van der Waals surface area contributed by atoms with Crippen LogP contribution in [0.5, 0.6) is 0 Å². The molecule has 0 rings (SSSR count). The minimum Gasteiger partial charge on any atom is -0.395 e. The van der Waals surface area contributed by atoms with Gasteiger partial charge in [-0.2, -0.15) is 0 Å². The van der Waals surface area contributed by atoms with Crippen molar-refractivity contribution in [1.29, 1.82) is 0 Å². The summed E-state index contributed by atoms with van der Waals surface area (Å²) in [6.07, 6.45) is 1.26. The van der Waals surface area contributed by atoms with Crippen molar-refractivity contribution in [1.82, 2.24) is 4.90 Å². The quantitative estimate of drug-likeness (QED) is 0.257. The predicted molar refractivity (Wildman–Crippen MR) is 65.9 cm³/mol. The number of rotatable bonds is 9. The van der Waals surface area contributed by atoms with E-state index in [9.17, 15) is 4.57 Å². The van der Waals surface area contributed by atoms with Gasteiger partial charge in [-0.1, -0.05) is 6.08 Å². The summed E-state index contributed by atoms with van der Waals surface area (Å²) >= 11 is 0. The first-order valence-corrected chi connectivity index (χ1v) is 6.80. The van der Waals surface area contributed by atoms with Crippen LogP contribution >= 0.6 is 7.82 Å². The lowest BCUT2D eigenvalue weighted by atomic mass is 10.4. The maximum Gasteiger partial charge on any atom is 0.469 e. The van der Waals surface area contributed by atoms with Crippen molar-refractivity contribution in [3.05, 3.63) is 12.7 Å². The zero-order valence-electron chi connectivity index (χ0n) is 10.2. The number of nitrogens with zero attached hydrogens (tertiary/aromatic N) is 1. The first kappa shape index (κ1) is 20.0. The molecule has 0 aliphatic rings. The molecular formula is C9H22NO7P. The molecule has 0 radical (unpaired) electrons. The lowest BCUT2D eigenvalue weighted by Crippen LogP contribution is -2.32. The number of hydrogen-bond donors (Lipinski definition) is 5. The van der Waals surface area contributed by atoms with Gasteiger partial charge >= 0.3 is 7.82 Å². The molecule has 5 N–H and O–H groups in total. The highest BCUT2D eigenvalue weighted by Crippen LogP contribution is 2.35. The molecule has 0 aromatic carbocycles. The van der Waals surface area contributed by atoms with Gasteiger partial charge in [0.2, 0.25) is 0 Å². The number of hydrogen-bond acceptors (Lipinski definition) is 6. The Morgan fingerprint density at radius 1 is 1.06 bits per heavy atom. The Hall–Kier alpha value is -0.310. The van der Waals surface area contributed by atoms with Crippen molar-refractivity contribution in [2.75, 3.05) is 46.1 Å². The zero-order valence-corrected chi connectivity index (χ0v) is 11.1. The molecule has 0 amide bonds. The first-order chi connectivity index (χ1) is 8.41. The molecule has 0 saturated carbocycles. The van der Waals surface area contributed by atoms with E-state index in [4.69, 9.17) is 25.1 Å². The number of aliphatic hydroxyl groups excluding tert-OH is 3. The van der Waals surface area contributed by atoms with E-state index < -0.39 is 7.82 Å². The second-order valence-electron chi connectivity index (χ2n) is 3.09. The molecule has 8 nitrogen and oxygen atoms in total. The highest BCUT2D eigenvalue weighted by molar-refractivity contribution is 7.46. The Balaban J connectivity index is 0. The van der Waals surface area contributed by atoms with Gasteiger partial charge < -0.3 is 25.1 Å². The summed E-state index contributed by atoms with van der Waals surface area (Å²) in [6, 6.07) is 0. The van der Waals surface area contributed by atoms with Gasteiger partial charge in [0, 0.05) is 19.6 Å². The summed E-state index contributed by atoms with van der Waals surface area (Å²) in [5.41, 5.74) is 0. The molecule has 18 heavy (non-hydrogen) atoms. The molecule has 0 atom stereocenters. The summed E-state index contributed by atoms with van der Waals surface area (Å²) in [7, 11) is -4.25. The van der Waals surface area contributed by atoms with Crippen LogP contribution in [0.4, 0.5) is 0 Å². The van der Waals surface area contributed by atoms with Crippen LogP contribution in [0, 0.1) is 0 Å². The average molecular weight is 287 g/mol. The number of aliphatic hydroxyl groups is 3. The molecule has 9 heteroatoms. The topological polar surface area (TPSA) is 131 Å². The summed E-state index contributed by atoms with van der Waals surface area (Å²) in [6.45, 7) is 4.83. The van der Waals surface area contributed by atoms with Crippen LogP contribution in [-0.4, -0.2) is 76.1 Å². The Bertz CT molecular complexity index is 219. The fourth-order valence-corrected chi connectivity index (χ4v) is 1.21. The van der Waals surface area contributed by atoms with Gasteiger partial charge in [0.1, 0.15) is 0 Å². The number of phosphoric acid groups is 1. The van der Waals surface area contributed by atoms with Crippen LogP contribution in [0.2, 0.25) is 0 Å². The molecule has 0 unspecified atom stereocenters. The maximum absolute atomic E-state index is 9.81. The van der Waals surface area contributed by atoms with Gasteiger partial charge in [-0.05, 0) is 0 Å². The maximum atomic E-state index is 9.81. The smallest absolute Gasteiger partial charge is 0.395 e. The molecule has 0 aromatic rings. The van der Waals surface area contributed by atoms with E-state index in [0.29, 0.717) is 19.6 Å². The van der Waals surface area contributed by atoms with Gasteiger partial charge in [0.25, 0.3) is 0 Å². The molecule has 0 aromatic heterocycles. The minimum absolute atomic E-state index is 0.0694. The third-order valence-corrected chi connectivity index (χ3v) is 2.09. The van der Waals surface area contributed by atoms with Crippen molar-refractivity contribution in [3.8, 4) is 0 Å². The van der Waals surface area contributed by atoms with E-state index in [1.54, 1.807) is 4.90 Å². The van der Waals surface area contributed by atoms with E-state index in [1.165, 1.54) is 6.08 Å². The normalized spacial score (nSPS) is 11.0. The standard InChI is InChI=1S/C6H15NO3.C3H7O4P/c8-4-1-7(2-5-9)3-6-10;1-2-3-7-8(4,5)6/h8-10H,1-6H2;2H,1,3H2,(H2,4,5,6). The van der Waals surface area contributed by atoms with Crippen molar-refractivity contribution >= 4 is 7.82 Å². The summed E-state index contributed by atoms with van der Waals surface area (Å²) < 4.78 is 13.7. The Labute approximate surface area is 106 Å². The fourth-order valence-electron chi connectivity index (χ4n) is 0.909. The van der Waals surface area contributed by atoms with E-state index in [2.05, 4.69) is 11.1 Å². The van der Waals surface area contributed by atoms with Crippen LogP contribution in [0.1, 0.15) is 0 Å². The highest BCUT2D eigenvalue weighted by Gasteiger charge is 2.10. The molecular weight excluding hydrogens is 265 g/mol. The van der Waals surface area contributed by atoms with Gasteiger partial charge in [-0.3, -0.25) is 9.42 Å². The molecule has 0 aliphatic heterocycles. The third kappa shape index (κ3) is 18.1. The lowest BCUT2D eigenvalue weighted by Gasteiger charge is -2.17. The molecule has 110 valence electrons. The third-order valence-electron chi connectivity index (χ3n) is 1.61. The predicted octanol–water partition coefficient (Wildman–Crippen LogP) is -1.45. The monoisotopic (exact) mass is 287 g/mol. The van der Waals surface area contributed by atoms with Crippen LogP contribution in [0.15, 0.2) is 12.7 Å². The Morgan fingerprint density at radius 2 is 1.44 bits per heavy atom. The molecule has 0 fully saturated rings. The highest BCUT2D eigenvalue weighted by atomic mass is 31.2. The van der Waals surface area contributed by atoms with Gasteiger partial charge in [0.05, 0.1) is 26.4 Å². The molecule has 0 spiro atoms. The molecule has 0 saturated heterocycles. The lowest BCUT2D eigenvalue weighted by molar-refractivity contribution is 0.136. The zero-order chi connectivity index (χ0) is 14.4. The van der Waals surface area contributed by atoms with Crippen molar-refractivity contribution in [3.63, 3.8) is 0 Å². The van der Waals surface area contributed by atoms with Gasteiger partial charge in [0.15, 0.2) is 0 Å². The Kier molecular flexibility index (Phi) is 14.6. The summed E-state index contributed by atoms with van der Waals surface area (Å²) in [5, 5.41) is 25.5. The molecule has 0 bridgehead atoms. The van der Waals surface area contributed by atoms with Crippen LogP contribution in [0.25, 0.3) is 0 Å². The SMILES string of the molecule is C=CCOP(=O)(O)O.OCCN(CCO)CCO. The number of phosphoric ester groups is 1.